The molecule has 1 aliphatic carbocycles. The largest absolute Gasteiger partial charge is 0.298 e. The number of thiophene rings is 1. The summed E-state index contributed by atoms with van der Waals surface area (Å²) in [5.41, 5.74) is 0.399. The van der Waals surface area contributed by atoms with Crippen LogP contribution in [-0.4, -0.2) is 5.78 Å². The first-order chi connectivity index (χ1) is 7.27. The second-order valence-corrected chi connectivity index (χ2v) is 4.91. The SMILES string of the molecule is N#CC1(Cc2ccsc2)CCCCC1=O. The van der Waals surface area contributed by atoms with E-state index < -0.39 is 5.41 Å². The monoisotopic (exact) mass is 219 g/mol. The molecule has 1 fully saturated rings. The zero-order valence-corrected chi connectivity index (χ0v) is 9.35. The average Bonchev–Trinajstić information content (AvgIpc) is 2.74. The summed E-state index contributed by atoms with van der Waals surface area (Å²) in [5.74, 6) is 0.141. The van der Waals surface area contributed by atoms with Crippen molar-refractivity contribution in [2.45, 2.75) is 32.1 Å². The third kappa shape index (κ3) is 1.95. The first-order valence-electron chi connectivity index (χ1n) is 5.22. The van der Waals surface area contributed by atoms with Crippen LogP contribution in [0.25, 0.3) is 0 Å². The number of ketones is 1. The Morgan fingerprint density at radius 1 is 1.53 bits per heavy atom. The van der Waals surface area contributed by atoms with Gasteiger partial charge in [0.2, 0.25) is 0 Å². The second-order valence-electron chi connectivity index (χ2n) is 4.13. The van der Waals surface area contributed by atoms with E-state index in [1.54, 1.807) is 11.3 Å². The number of nitrogens with zero attached hydrogens (tertiary/aromatic N) is 1. The van der Waals surface area contributed by atoms with Crippen LogP contribution in [0.5, 0.6) is 0 Å². The van der Waals surface area contributed by atoms with Crippen molar-refractivity contribution >= 4 is 17.1 Å². The summed E-state index contributed by atoms with van der Waals surface area (Å²) >= 11 is 1.62. The molecule has 0 bridgehead atoms. The van der Waals surface area contributed by atoms with E-state index in [1.807, 2.05) is 16.8 Å². The summed E-state index contributed by atoms with van der Waals surface area (Å²) in [4.78, 5) is 11.9. The van der Waals surface area contributed by atoms with E-state index in [-0.39, 0.29) is 5.78 Å². The first-order valence-corrected chi connectivity index (χ1v) is 6.17. The number of nitriles is 1. The van der Waals surface area contributed by atoms with Crippen LogP contribution in [0.2, 0.25) is 0 Å². The number of hydrogen-bond acceptors (Lipinski definition) is 3. The molecule has 0 radical (unpaired) electrons. The minimum Gasteiger partial charge on any atom is -0.298 e. The Bertz CT molecular complexity index is 390. The van der Waals surface area contributed by atoms with E-state index in [2.05, 4.69) is 6.07 Å². The van der Waals surface area contributed by atoms with Gasteiger partial charge in [0.05, 0.1) is 6.07 Å². The molecule has 1 unspecified atom stereocenters. The molecule has 1 aliphatic rings. The highest BCUT2D eigenvalue weighted by Gasteiger charge is 2.40. The van der Waals surface area contributed by atoms with Gasteiger partial charge in [0.25, 0.3) is 0 Å². The second kappa shape index (κ2) is 4.16. The van der Waals surface area contributed by atoms with Crippen LogP contribution in [-0.2, 0) is 11.2 Å². The molecule has 0 saturated heterocycles. The van der Waals surface area contributed by atoms with E-state index in [0.717, 1.165) is 24.8 Å². The van der Waals surface area contributed by atoms with Gasteiger partial charge in [-0.3, -0.25) is 4.79 Å². The van der Waals surface area contributed by atoms with Gasteiger partial charge in [-0.25, -0.2) is 0 Å². The van der Waals surface area contributed by atoms with E-state index >= 15 is 0 Å². The van der Waals surface area contributed by atoms with E-state index in [0.29, 0.717) is 12.8 Å². The molecule has 1 heterocycles. The van der Waals surface area contributed by atoms with E-state index in [1.165, 1.54) is 0 Å². The van der Waals surface area contributed by atoms with Crippen LogP contribution >= 0.6 is 11.3 Å². The molecule has 15 heavy (non-hydrogen) atoms. The van der Waals surface area contributed by atoms with E-state index in [4.69, 9.17) is 0 Å². The normalized spacial score (nSPS) is 26.2. The lowest BCUT2D eigenvalue weighted by Crippen LogP contribution is -2.34. The Balaban J connectivity index is 2.21. The Morgan fingerprint density at radius 2 is 2.40 bits per heavy atom. The van der Waals surface area contributed by atoms with Crippen LogP contribution in [0, 0.1) is 16.7 Å². The van der Waals surface area contributed by atoms with Crippen molar-refractivity contribution in [1.29, 1.82) is 5.26 Å². The van der Waals surface area contributed by atoms with Crippen molar-refractivity contribution in [3.05, 3.63) is 22.4 Å². The van der Waals surface area contributed by atoms with Crippen LogP contribution < -0.4 is 0 Å². The maximum atomic E-state index is 11.9. The summed E-state index contributed by atoms with van der Waals surface area (Å²) in [7, 11) is 0. The molecule has 2 rings (SSSR count). The Labute approximate surface area is 93.5 Å². The molecule has 0 spiro atoms. The fourth-order valence-electron chi connectivity index (χ4n) is 2.18. The van der Waals surface area contributed by atoms with Crippen molar-refractivity contribution in [2.75, 3.05) is 0 Å². The van der Waals surface area contributed by atoms with Crippen LogP contribution in [0.4, 0.5) is 0 Å². The molecule has 78 valence electrons. The maximum Gasteiger partial charge on any atom is 0.153 e. The highest BCUT2D eigenvalue weighted by atomic mass is 32.1. The third-order valence-corrected chi connectivity index (χ3v) is 3.82. The van der Waals surface area contributed by atoms with Gasteiger partial charge in [-0.1, -0.05) is 6.42 Å². The molecule has 0 aromatic carbocycles. The molecular formula is C12H13NOS. The lowest BCUT2D eigenvalue weighted by atomic mass is 9.71. The molecule has 3 heteroatoms. The maximum absolute atomic E-state index is 11.9. The van der Waals surface area contributed by atoms with Crippen molar-refractivity contribution in [3.8, 4) is 6.07 Å². The van der Waals surface area contributed by atoms with Gasteiger partial charge in [0.15, 0.2) is 5.78 Å². The quantitative estimate of drug-likeness (QED) is 0.767. The Hall–Kier alpha value is -1.14. The molecular weight excluding hydrogens is 206 g/mol. The van der Waals surface area contributed by atoms with Gasteiger partial charge in [-0.15, -0.1) is 0 Å². The van der Waals surface area contributed by atoms with E-state index in [9.17, 15) is 10.1 Å². The number of hydrogen-bond donors (Lipinski definition) is 0. The number of carbonyl (C=O) groups is 1. The number of carbonyl (C=O) groups excluding carboxylic acids is 1. The van der Waals surface area contributed by atoms with Crippen molar-refractivity contribution in [1.82, 2.24) is 0 Å². The molecule has 2 nitrogen and oxygen atoms in total. The predicted molar refractivity (Wildman–Crippen MR) is 59.5 cm³/mol. The predicted octanol–water partition coefficient (Wildman–Crippen LogP) is 2.94. The molecule has 0 N–H and O–H groups in total. The smallest absolute Gasteiger partial charge is 0.153 e. The van der Waals surface area contributed by atoms with Crippen molar-refractivity contribution in [2.24, 2.45) is 5.41 Å². The van der Waals surface area contributed by atoms with Gasteiger partial charge >= 0.3 is 0 Å². The Kier molecular flexibility index (Phi) is 2.88. The summed E-state index contributed by atoms with van der Waals surface area (Å²) in [6.07, 6.45) is 3.87. The zero-order valence-electron chi connectivity index (χ0n) is 8.53. The van der Waals surface area contributed by atoms with Gasteiger partial charge in [0.1, 0.15) is 5.41 Å². The summed E-state index contributed by atoms with van der Waals surface area (Å²) in [6.45, 7) is 0. The molecule has 0 aliphatic heterocycles. The van der Waals surface area contributed by atoms with Gasteiger partial charge in [-0.05, 0) is 41.7 Å². The van der Waals surface area contributed by atoms with Crippen LogP contribution in [0.15, 0.2) is 16.8 Å². The van der Waals surface area contributed by atoms with Crippen molar-refractivity contribution < 1.29 is 4.79 Å². The lowest BCUT2D eigenvalue weighted by molar-refractivity contribution is -0.128. The summed E-state index contributed by atoms with van der Waals surface area (Å²) in [6, 6.07) is 4.27. The highest BCUT2D eigenvalue weighted by molar-refractivity contribution is 7.07. The fraction of sp³-hybridized carbons (Fsp3) is 0.500. The Morgan fingerprint density at radius 3 is 3.00 bits per heavy atom. The van der Waals surface area contributed by atoms with Crippen molar-refractivity contribution in [3.63, 3.8) is 0 Å². The number of rotatable bonds is 2. The minimum absolute atomic E-state index is 0.141. The standard InChI is InChI=1S/C12H13NOS/c13-9-12(5-2-1-3-11(12)14)7-10-4-6-15-8-10/h4,6,8H,1-3,5,7H2. The lowest BCUT2D eigenvalue weighted by Gasteiger charge is -2.28. The highest BCUT2D eigenvalue weighted by Crippen LogP contribution is 2.36. The van der Waals surface area contributed by atoms with Gasteiger partial charge < -0.3 is 0 Å². The molecule has 0 amide bonds. The third-order valence-electron chi connectivity index (χ3n) is 3.09. The zero-order chi connectivity index (χ0) is 10.7. The topological polar surface area (TPSA) is 40.9 Å². The molecule has 1 saturated carbocycles. The average molecular weight is 219 g/mol. The fourth-order valence-corrected chi connectivity index (χ4v) is 2.85. The van der Waals surface area contributed by atoms with Crippen LogP contribution in [0.1, 0.15) is 31.2 Å². The van der Waals surface area contributed by atoms with Gasteiger partial charge in [-0.2, -0.15) is 16.6 Å². The molecule has 1 atom stereocenters. The van der Waals surface area contributed by atoms with Crippen LogP contribution in [0.3, 0.4) is 0 Å². The van der Waals surface area contributed by atoms with Gasteiger partial charge in [0, 0.05) is 6.42 Å². The summed E-state index contributed by atoms with van der Waals surface area (Å²) in [5, 5.41) is 13.3. The molecule has 1 aromatic heterocycles. The molecule has 1 aromatic rings. The minimum atomic E-state index is -0.723. The first kappa shape index (κ1) is 10.4. The summed E-state index contributed by atoms with van der Waals surface area (Å²) < 4.78 is 0. The number of Topliss-reactive ketones (excluding diaryl/α,β-unsaturated/α-hetero) is 1.